The van der Waals surface area contributed by atoms with E-state index in [2.05, 4.69) is 62.4 Å². The van der Waals surface area contributed by atoms with Crippen molar-refractivity contribution in [2.24, 2.45) is 0 Å². The van der Waals surface area contributed by atoms with E-state index in [0.717, 1.165) is 13.0 Å². The molecule has 1 atom stereocenters. The fourth-order valence-electron chi connectivity index (χ4n) is 2.13. The van der Waals surface area contributed by atoms with Gasteiger partial charge in [-0.2, -0.15) is 0 Å². The molecule has 1 unspecified atom stereocenters. The Bertz CT molecular complexity index is 316. The summed E-state index contributed by atoms with van der Waals surface area (Å²) in [5.74, 6) is 0. The maximum absolute atomic E-state index is 3.66. The van der Waals surface area contributed by atoms with Crippen LogP contribution >= 0.6 is 0 Å². The molecule has 0 heterocycles. The van der Waals surface area contributed by atoms with Gasteiger partial charge in [0.15, 0.2) is 0 Å². The topological polar surface area (TPSA) is 15.3 Å². The van der Waals surface area contributed by atoms with E-state index < -0.39 is 0 Å². The summed E-state index contributed by atoms with van der Waals surface area (Å²) in [5.41, 5.74) is 2.75. The number of hydrogen-bond acceptors (Lipinski definition) is 2. The van der Waals surface area contributed by atoms with Crippen molar-refractivity contribution in [2.75, 3.05) is 27.2 Å². The van der Waals surface area contributed by atoms with Crippen LogP contribution in [0.3, 0.4) is 0 Å². The van der Waals surface area contributed by atoms with Gasteiger partial charge in [-0.15, -0.1) is 0 Å². The summed E-state index contributed by atoms with van der Waals surface area (Å²) in [6.45, 7) is 6.68. The first-order valence-electron chi connectivity index (χ1n) is 7.08. The van der Waals surface area contributed by atoms with E-state index in [4.69, 9.17) is 0 Å². The number of rotatable bonds is 8. The van der Waals surface area contributed by atoms with Crippen LogP contribution in [0.1, 0.15) is 43.4 Å². The molecule has 0 amide bonds. The first-order chi connectivity index (χ1) is 8.63. The second-order valence-electron chi connectivity index (χ2n) is 5.34. The average molecular weight is 248 g/mol. The third kappa shape index (κ3) is 5.65. The minimum Gasteiger partial charge on any atom is -0.310 e. The van der Waals surface area contributed by atoms with Crippen molar-refractivity contribution in [1.82, 2.24) is 10.2 Å². The molecule has 1 aromatic carbocycles. The highest BCUT2D eigenvalue weighted by Crippen LogP contribution is 2.16. The Balaban J connectivity index is 2.31. The highest BCUT2D eigenvalue weighted by molar-refractivity contribution is 5.23. The number of hydrogen-bond donors (Lipinski definition) is 1. The number of nitrogens with one attached hydrogen (secondary N) is 1. The summed E-state index contributed by atoms with van der Waals surface area (Å²) in [4.78, 5) is 2.25. The quantitative estimate of drug-likeness (QED) is 0.710. The van der Waals surface area contributed by atoms with Gasteiger partial charge in [0.2, 0.25) is 0 Å². The fourth-order valence-corrected chi connectivity index (χ4v) is 2.13. The first kappa shape index (κ1) is 15.2. The lowest BCUT2D eigenvalue weighted by atomic mass is 10.0. The van der Waals surface area contributed by atoms with E-state index in [1.54, 1.807) is 0 Å². The zero-order valence-corrected chi connectivity index (χ0v) is 12.4. The van der Waals surface area contributed by atoms with E-state index in [0.29, 0.717) is 6.04 Å². The third-order valence-electron chi connectivity index (χ3n) is 3.31. The lowest BCUT2D eigenvalue weighted by Gasteiger charge is -2.18. The minimum atomic E-state index is 0.505. The Morgan fingerprint density at radius 2 is 1.78 bits per heavy atom. The molecule has 1 rings (SSSR count). The summed E-state index contributed by atoms with van der Waals surface area (Å²) in [5, 5.41) is 3.66. The molecule has 0 spiro atoms. The standard InChI is InChI=1S/C16H28N2/c1-5-16(15-10-8-14(2)9-11-15)17-12-6-7-13-18(3)4/h8-11,16-17H,5-7,12-13H2,1-4H3. The Morgan fingerprint density at radius 1 is 1.11 bits per heavy atom. The lowest BCUT2D eigenvalue weighted by molar-refractivity contribution is 0.387. The van der Waals surface area contributed by atoms with Gasteiger partial charge in [-0.25, -0.2) is 0 Å². The third-order valence-corrected chi connectivity index (χ3v) is 3.31. The van der Waals surface area contributed by atoms with Crippen LogP contribution in [0.4, 0.5) is 0 Å². The molecule has 0 saturated carbocycles. The number of aryl methyl sites for hydroxylation is 1. The summed E-state index contributed by atoms with van der Waals surface area (Å²) < 4.78 is 0. The van der Waals surface area contributed by atoms with Gasteiger partial charge in [0.25, 0.3) is 0 Å². The molecule has 0 aliphatic heterocycles. The summed E-state index contributed by atoms with van der Waals surface area (Å²) in [6.07, 6.45) is 3.67. The average Bonchev–Trinajstić information content (AvgIpc) is 2.35. The van der Waals surface area contributed by atoms with Gasteiger partial charge < -0.3 is 10.2 Å². The van der Waals surface area contributed by atoms with E-state index in [-0.39, 0.29) is 0 Å². The predicted octanol–water partition coefficient (Wildman–Crippen LogP) is 3.38. The van der Waals surface area contributed by atoms with Gasteiger partial charge in [-0.05, 0) is 58.9 Å². The number of nitrogens with zero attached hydrogens (tertiary/aromatic N) is 1. The van der Waals surface area contributed by atoms with Gasteiger partial charge in [0.1, 0.15) is 0 Å². The van der Waals surface area contributed by atoms with Crippen molar-refractivity contribution in [3.63, 3.8) is 0 Å². The fraction of sp³-hybridized carbons (Fsp3) is 0.625. The monoisotopic (exact) mass is 248 g/mol. The smallest absolute Gasteiger partial charge is 0.0317 e. The van der Waals surface area contributed by atoms with Crippen LogP contribution in [0.5, 0.6) is 0 Å². The van der Waals surface area contributed by atoms with Gasteiger partial charge in [0.05, 0.1) is 0 Å². The van der Waals surface area contributed by atoms with Crippen LogP contribution < -0.4 is 5.32 Å². The second kappa shape index (κ2) is 8.28. The molecular formula is C16H28N2. The molecule has 0 aliphatic carbocycles. The van der Waals surface area contributed by atoms with Gasteiger partial charge in [-0.1, -0.05) is 36.8 Å². The molecular weight excluding hydrogens is 220 g/mol. The number of unbranched alkanes of at least 4 members (excludes halogenated alkanes) is 1. The Kier molecular flexibility index (Phi) is 6.99. The normalized spacial score (nSPS) is 12.9. The molecule has 1 aromatic rings. The molecule has 0 radical (unpaired) electrons. The summed E-state index contributed by atoms with van der Waals surface area (Å²) in [6, 6.07) is 9.40. The summed E-state index contributed by atoms with van der Waals surface area (Å²) in [7, 11) is 4.27. The molecule has 2 heteroatoms. The van der Waals surface area contributed by atoms with Gasteiger partial charge in [0, 0.05) is 6.04 Å². The highest BCUT2D eigenvalue weighted by Gasteiger charge is 2.07. The van der Waals surface area contributed by atoms with Gasteiger partial charge >= 0.3 is 0 Å². The van der Waals surface area contributed by atoms with E-state index in [9.17, 15) is 0 Å². The van der Waals surface area contributed by atoms with Crippen LogP contribution in [0.15, 0.2) is 24.3 Å². The largest absolute Gasteiger partial charge is 0.310 e. The Hall–Kier alpha value is -0.860. The lowest BCUT2D eigenvalue weighted by Crippen LogP contribution is -2.23. The first-order valence-corrected chi connectivity index (χ1v) is 7.08. The molecule has 1 N–H and O–H groups in total. The SMILES string of the molecule is CCC(NCCCCN(C)C)c1ccc(C)cc1. The van der Waals surface area contributed by atoms with Gasteiger partial charge in [-0.3, -0.25) is 0 Å². The van der Waals surface area contributed by atoms with E-state index >= 15 is 0 Å². The van der Waals surface area contributed by atoms with E-state index in [1.165, 1.54) is 30.5 Å². The molecule has 0 saturated heterocycles. The second-order valence-corrected chi connectivity index (χ2v) is 5.34. The highest BCUT2D eigenvalue weighted by atomic mass is 15.0. The van der Waals surface area contributed by atoms with Crippen LogP contribution in [-0.4, -0.2) is 32.1 Å². The van der Waals surface area contributed by atoms with Crippen molar-refractivity contribution in [2.45, 2.75) is 39.2 Å². The molecule has 18 heavy (non-hydrogen) atoms. The van der Waals surface area contributed by atoms with Crippen molar-refractivity contribution in [3.05, 3.63) is 35.4 Å². The van der Waals surface area contributed by atoms with Crippen molar-refractivity contribution >= 4 is 0 Å². The van der Waals surface area contributed by atoms with Crippen LogP contribution in [0.2, 0.25) is 0 Å². The predicted molar refractivity (Wildman–Crippen MR) is 80.0 cm³/mol. The van der Waals surface area contributed by atoms with Crippen LogP contribution in [0.25, 0.3) is 0 Å². The molecule has 0 fully saturated rings. The number of benzene rings is 1. The van der Waals surface area contributed by atoms with E-state index in [1.807, 2.05) is 0 Å². The molecule has 2 nitrogen and oxygen atoms in total. The molecule has 0 aliphatic rings. The Morgan fingerprint density at radius 3 is 2.33 bits per heavy atom. The van der Waals surface area contributed by atoms with Crippen LogP contribution in [-0.2, 0) is 0 Å². The van der Waals surface area contributed by atoms with Crippen molar-refractivity contribution < 1.29 is 0 Å². The maximum Gasteiger partial charge on any atom is 0.0317 e. The maximum atomic E-state index is 3.66. The van der Waals surface area contributed by atoms with Crippen LogP contribution in [0, 0.1) is 6.92 Å². The molecule has 102 valence electrons. The summed E-state index contributed by atoms with van der Waals surface area (Å²) >= 11 is 0. The molecule has 0 bridgehead atoms. The Labute approximate surface area is 112 Å². The zero-order chi connectivity index (χ0) is 13.4. The zero-order valence-electron chi connectivity index (χ0n) is 12.4. The molecule has 0 aromatic heterocycles. The van der Waals surface area contributed by atoms with Crippen molar-refractivity contribution in [3.8, 4) is 0 Å². The van der Waals surface area contributed by atoms with Crippen molar-refractivity contribution in [1.29, 1.82) is 0 Å². The minimum absolute atomic E-state index is 0.505.